The second-order valence-electron chi connectivity index (χ2n) is 4.79. The average molecular weight is 271 g/mol. The number of rotatable bonds is 7. The summed E-state index contributed by atoms with van der Waals surface area (Å²) in [4.78, 5) is 27.1. The number of nitrogens with zero attached hydrogens (tertiary/aromatic N) is 2. The number of ether oxygens (including phenoxy) is 1. The molecule has 2 N–H and O–H groups in total. The molecule has 1 saturated heterocycles. The molecule has 1 aliphatic heterocycles. The van der Waals surface area contributed by atoms with Gasteiger partial charge in [-0.25, -0.2) is 0 Å². The van der Waals surface area contributed by atoms with Crippen LogP contribution in [0, 0.1) is 0 Å². The van der Waals surface area contributed by atoms with Gasteiger partial charge in [-0.1, -0.05) is 6.42 Å². The highest BCUT2D eigenvalue weighted by atomic mass is 16.5. The lowest BCUT2D eigenvalue weighted by Crippen LogP contribution is -2.51. The molecule has 1 heterocycles. The largest absolute Gasteiger partial charge is 0.375 e. The van der Waals surface area contributed by atoms with Crippen molar-refractivity contribution in [3.63, 3.8) is 0 Å². The van der Waals surface area contributed by atoms with Crippen LogP contribution in [-0.4, -0.2) is 68.1 Å². The Morgan fingerprint density at radius 3 is 2.11 bits per heavy atom. The van der Waals surface area contributed by atoms with Crippen LogP contribution in [0.3, 0.4) is 0 Å². The summed E-state index contributed by atoms with van der Waals surface area (Å²) >= 11 is 0. The van der Waals surface area contributed by atoms with Crippen molar-refractivity contribution in [2.75, 3.05) is 46.4 Å². The minimum absolute atomic E-state index is 0.00227. The highest BCUT2D eigenvalue weighted by molar-refractivity contribution is 5.79. The maximum absolute atomic E-state index is 11.9. The number of amides is 2. The smallest absolute Gasteiger partial charge is 0.248 e. The molecule has 0 spiro atoms. The van der Waals surface area contributed by atoms with E-state index in [9.17, 15) is 9.59 Å². The van der Waals surface area contributed by atoms with Crippen molar-refractivity contribution in [3.8, 4) is 0 Å². The van der Waals surface area contributed by atoms with Crippen LogP contribution in [-0.2, 0) is 14.3 Å². The number of carbonyl (C=O) groups is 2. The third-order valence-corrected chi connectivity index (χ3v) is 3.35. The van der Waals surface area contributed by atoms with Crippen LogP contribution in [0.5, 0.6) is 0 Å². The van der Waals surface area contributed by atoms with E-state index in [1.165, 1.54) is 7.11 Å². The molecule has 0 aromatic carbocycles. The lowest BCUT2D eigenvalue weighted by molar-refractivity contribution is -0.141. The highest BCUT2D eigenvalue weighted by Crippen LogP contribution is 2.07. The van der Waals surface area contributed by atoms with Gasteiger partial charge in [-0.2, -0.15) is 0 Å². The zero-order valence-corrected chi connectivity index (χ0v) is 11.8. The van der Waals surface area contributed by atoms with Crippen LogP contribution in [0.1, 0.15) is 25.7 Å². The normalized spacial score (nSPS) is 15.7. The number of methoxy groups -OCH3 is 1. The Labute approximate surface area is 114 Å². The summed E-state index contributed by atoms with van der Waals surface area (Å²) in [7, 11) is 1.51. The van der Waals surface area contributed by atoms with E-state index in [2.05, 4.69) is 0 Å². The molecule has 0 unspecified atom stereocenters. The molecule has 0 aromatic rings. The summed E-state index contributed by atoms with van der Waals surface area (Å²) < 4.78 is 4.83. The molecule has 2 amide bonds. The van der Waals surface area contributed by atoms with Crippen LogP contribution in [0.25, 0.3) is 0 Å². The van der Waals surface area contributed by atoms with Gasteiger partial charge < -0.3 is 20.3 Å². The zero-order chi connectivity index (χ0) is 14.1. The molecular weight excluding hydrogens is 246 g/mol. The van der Waals surface area contributed by atoms with E-state index < -0.39 is 0 Å². The fraction of sp³-hybridized carbons (Fsp3) is 0.846. The Morgan fingerprint density at radius 2 is 1.58 bits per heavy atom. The van der Waals surface area contributed by atoms with Crippen molar-refractivity contribution in [1.82, 2.24) is 9.80 Å². The molecule has 1 fully saturated rings. The molecule has 1 rings (SSSR count). The first-order valence-electron chi connectivity index (χ1n) is 6.93. The third kappa shape index (κ3) is 5.57. The maximum atomic E-state index is 11.9. The molecule has 6 heteroatoms. The van der Waals surface area contributed by atoms with E-state index in [0.717, 1.165) is 19.3 Å². The lowest BCUT2D eigenvalue weighted by atomic mass is 10.1. The highest BCUT2D eigenvalue weighted by Gasteiger charge is 2.23. The Kier molecular flexibility index (Phi) is 7.43. The van der Waals surface area contributed by atoms with Crippen molar-refractivity contribution in [1.29, 1.82) is 0 Å². The van der Waals surface area contributed by atoms with E-state index in [1.807, 2.05) is 4.90 Å². The van der Waals surface area contributed by atoms with Crippen LogP contribution in [0.4, 0.5) is 0 Å². The van der Waals surface area contributed by atoms with Crippen molar-refractivity contribution in [3.05, 3.63) is 0 Å². The minimum Gasteiger partial charge on any atom is -0.375 e. The van der Waals surface area contributed by atoms with Gasteiger partial charge in [0, 0.05) is 39.7 Å². The standard InChI is InChI=1S/C13H25N3O3/c1-19-11-13(18)16-9-7-15(8-10-16)12(17)5-3-2-4-6-14/h2-11,14H2,1H3. The molecule has 0 aromatic heterocycles. The summed E-state index contributed by atoms with van der Waals surface area (Å²) in [5.41, 5.74) is 5.41. The summed E-state index contributed by atoms with van der Waals surface area (Å²) in [5, 5.41) is 0. The predicted octanol–water partition coefficient (Wildman–Crippen LogP) is -0.177. The van der Waals surface area contributed by atoms with Crippen LogP contribution < -0.4 is 5.73 Å². The van der Waals surface area contributed by atoms with Gasteiger partial charge in [0.2, 0.25) is 11.8 Å². The Balaban J connectivity index is 2.21. The van der Waals surface area contributed by atoms with Crippen molar-refractivity contribution < 1.29 is 14.3 Å². The first kappa shape index (κ1) is 15.9. The number of carbonyl (C=O) groups excluding carboxylic acids is 2. The van der Waals surface area contributed by atoms with Gasteiger partial charge in [0.05, 0.1) is 0 Å². The number of nitrogens with two attached hydrogens (primary N) is 1. The second kappa shape index (κ2) is 8.87. The van der Waals surface area contributed by atoms with Gasteiger partial charge in [0.25, 0.3) is 0 Å². The summed E-state index contributed by atoms with van der Waals surface area (Å²) in [6.07, 6.45) is 3.48. The molecule has 0 atom stereocenters. The molecular formula is C13H25N3O3. The number of piperazine rings is 1. The van der Waals surface area contributed by atoms with Gasteiger partial charge in [0.1, 0.15) is 6.61 Å². The van der Waals surface area contributed by atoms with E-state index >= 15 is 0 Å². The van der Waals surface area contributed by atoms with Gasteiger partial charge in [-0.05, 0) is 19.4 Å². The SMILES string of the molecule is COCC(=O)N1CCN(C(=O)CCCCCN)CC1. The first-order valence-corrected chi connectivity index (χ1v) is 6.93. The minimum atomic E-state index is -0.00227. The third-order valence-electron chi connectivity index (χ3n) is 3.35. The number of hydrogen-bond donors (Lipinski definition) is 1. The van der Waals surface area contributed by atoms with Gasteiger partial charge in [-0.3, -0.25) is 9.59 Å². The molecule has 19 heavy (non-hydrogen) atoms. The molecule has 0 bridgehead atoms. The fourth-order valence-corrected chi connectivity index (χ4v) is 2.18. The molecule has 0 radical (unpaired) electrons. The van der Waals surface area contributed by atoms with E-state index in [0.29, 0.717) is 39.1 Å². The van der Waals surface area contributed by atoms with E-state index in [-0.39, 0.29) is 18.4 Å². The van der Waals surface area contributed by atoms with Crippen LogP contribution >= 0.6 is 0 Å². The maximum Gasteiger partial charge on any atom is 0.248 e. The summed E-state index contributed by atoms with van der Waals surface area (Å²) in [6, 6.07) is 0. The van der Waals surface area contributed by atoms with Crippen molar-refractivity contribution in [2.24, 2.45) is 5.73 Å². The molecule has 6 nitrogen and oxygen atoms in total. The van der Waals surface area contributed by atoms with Gasteiger partial charge >= 0.3 is 0 Å². The van der Waals surface area contributed by atoms with Crippen LogP contribution in [0.2, 0.25) is 0 Å². The van der Waals surface area contributed by atoms with Crippen molar-refractivity contribution >= 4 is 11.8 Å². The van der Waals surface area contributed by atoms with Gasteiger partial charge in [-0.15, -0.1) is 0 Å². The second-order valence-corrected chi connectivity index (χ2v) is 4.79. The summed E-state index contributed by atoms with van der Waals surface area (Å²) in [6.45, 7) is 3.28. The molecule has 0 aliphatic carbocycles. The van der Waals surface area contributed by atoms with Crippen molar-refractivity contribution in [2.45, 2.75) is 25.7 Å². The quantitative estimate of drug-likeness (QED) is 0.652. The number of hydrogen-bond acceptors (Lipinski definition) is 4. The lowest BCUT2D eigenvalue weighted by Gasteiger charge is -2.34. The van der Waals surface area contributed by atoms with E-state index in [4.69, 9.17) is 10.5 Å². The Bertz CT molecular complexity index is 289. The Morgan fingerprint density at radius 1 is 1.00 bits per heavy atom. The molecule has 1 aliphatic rings. The zero-order valence-electron chi connectivity index (χ0n) is 11.8. The predicted molar refractivity (Wildman–Crippen MR) is 72.6 cm³/mol. The van der Waals surface area contributed by atoms with Gasteiger partial charge in [0.15, 0.2) is 0 Å². The Hall–Kier alpha value is -1.14. The summed E-state index contributed by atoms with van der Waals surface area (Å²) in [5.74, 6) is 0.188. The number of unbranched alkanes of at least 4 members (excludes halogenated alkanes) is 2. The van der Waals surface area contributed by atoms with Crippen LogP contribution in [0.15, 0.2) is 0 Å². The molecule has 0 saturated carbocycles. The van der Waals surface area contributed by atoms with E-state index in [1.54, 1.807) is 4.90 Å². The fourth-order valence-electron chi connectivity index (χ4n) is 2.18. The monoisotopic (exact) mass is 271 g/mol. The first-order chi connectivity index (χ1) is 9.19. The topological polar surface area (TPSA) is 75.9 Å². The molecule has 110 valence electrons. The average Bonchev–Trinajstić information content (AvgIpc) is 2.44.